The average Bonchev–Trinajstić information content (AvgIpc) is 2.88. The normalized spacial score (nSPS) is 24.6. The fourth-order valence-corrected chi connectivity index (χ4v) is 4.37. The molecule has 5 atom stereocenters. The SMILES string of the molecule is C=CCC1OC(C)C(OCc2ccccc2)C(OCc2ccccc2)C1OCc1ccccc1. The van der Waals surface area contributed by atoms with Gasteiger partial charge in [-0.15, -0.1) is 6.58 Å². The molecule has 0 aromatic heterocycles. The quantitative estimate of drug-likeness (QED) is 0.325. The van der Waals surface area contributed by atoms with Crippen LogP contribution < -0.4 is 0 Å². The minimum absolute atomic E-state index is 0.147. The van der Waals surface area contributed by atoms with Crippen LogP contribution in [0.5, 0.6) is 0 Å². The first-order valence-electron chi connectivity index (χ1n) is 12.0. The minimum atomic E-state index is -0.293. The van der Waals surface area contributed by atoms with Crippen molar-refractivity contribution in [2.45, 2.75) is 63.7 Å². The summed E-state index contributed by atoms with van der Waals surface area (Å²) < 4.78 is 25.9. The molecule has 4 rings (SSSR count). The Bertz CT molecular complexity index is 976. The topological polar surface area (TPSA) is 36.9 Å². The van der Waals surface area contributed by atoms with Gasteiger partial charge in [-0.25, -0.2) is 0 Å². The maximum Gasteiger partial charge on any atom is 0.115 e. The molecule has 1 aliphatic rings. The summed E-state index contributed by atoms with van der Waals surface area (Å²) >= 11 is 0. The van der Waals surface area contributed by atoms with Crippen LogP contribution in [0.1, 0.15) is 30.0 Å². The molecule has 0 N–H and O–H groups in total. The highest BCUT2D eigenvalue weighted by atomic mass is 16.6. The van der Waals surface area contributed by atoms with E-state index in [2.05, 4.69) is 49.9 Å². The summed E-state index contributed by atoms with van der Waals surface area (Å²) in [6.07, 6.45) is 1.40. The zero-order valence-electron chi connectivity index (χ0n) is 19.8. The Balaban J connectivity index is 1.55. The molecule has 0 saturated carbocycles. The third-order valence-corrected chi connectivity index (χ3v) is 6.12. The molecule has 178 valence electrons. The van der Waals surface area contributed by atoms with Crippen molar-refractivity contribution in [3.63, 3.8) is 0 Å². The maximum atomic E-state index is 6.55. The van der Waals surface area contributed by atoms with Crippen molar-refractivity contribution in [1.29, 1.82) is 0 Å². The minimum Gasteiger partial charge on any atom is -0.369 e. The molecule has 3 aromatic rings. The fraction of sp³-hybridized carbons (Fsp3) is 0.333. The summed E-state index contributed by atoms with van der Waals surface area (Å²) in [7, 11) is 0. The van der Waals surface area contributed by atoms with E-state index >= 15 is 0 Å². The van der Waals surface area contributed by atoms with E-state index in [0.717, 1.165) is 16.7 Å². The van der Waals surface area contributed by atoms with Gasteiger partial charge in [0.25, 0.3) is 0 Å². The second-order valence-electron chi connectivity index (χ2n) is 8.69. The summed E-state index contributed by atoms with van der Waals surface area (Å²) in [5.74, 6) is 0. The molecule has 3 aromatic carbocycles. The highest BCUT2D eigenvalue weighted by Gasteiger charge is 2.46. The first-order chi connectivity index (χ1) is 16.7. The van der Waals surface area contributed by atoms with Gasteiger partial charge in [0.2, 0.25) is 0 Å². The largest absolute Gasteiger partial charge is 0.369 e. The Hall–Kier alpha value is -2.76. The monoisotopic (exact) mass is 458 g/mol. The average molecular weight is 459 g/mol. The van der Waals surface area contributed by atoms with Gasteiger partial charge in [-0.05, 0) is 30.0 Å². The third kappa shape index (κ3) is 6.64. The molecule has 1 aliphatic heterocycles. The molecule has 0 amide bonds. The Morgan fingerprint density at radius 2 is 1.06 bits per heavy atom. The predicted octanol–water partition coefficient (Wildman–Crippen LogP) is 6.11. The molecule has 0 radical (unpaired) electrons. The first-order valence-corrected chi connectivity index (χ1v) is 12.0. The van der Waals surface area contributed by atoms with Crippen LogP contribution in [0, 0.1) is 0 Å². The number of benzene rings is 3. The van der Waals surface area contributed by atoms with Crippen molar-refractivity contribution in [2.75, 3.05) is 0 Å². The van der Waals surface area contributed by atoms with Crippen molar-refractivity contribution >= 4 is 0 Å². The van der Waals surface area contributed by atoms with Crippen LogP contribution in [0.2, 0.25) is 0 Å². The van der Waals surface area contributed by atoms with Gasteiger partial charge < -0.3 is 18.9 Å². The van der Waals surface area contributed by atoms with Gasteiger partial charge in [-0.2, -0.15) is 0 Å². The maximum absolute atomic E-state index is 6.55. The second kappa shape index (κ2) is 12.6. The van der Waals surface area contributed by atoms with Gasteiger partial charge in [-0.3, -0.25) is 0 Å². The van der Waals surface area contributed by atoms with E-state index in [4.69, 9.17) is 18.9 Å². The molecule has 0 spiro atoms. The van der Waals surface area contributed by atoms with Gasteiger partial charge in [0.05, 0.1) is 32.0 Å². The fourth-order valence-electron chi connectivity index (χ4n) is 4.37. The molecule has 0 bridgehead atoms. The van der Waals surface area contributed by atoms with Crippen LogP contribution in [-0.4, -0.2) is 30.5 Å². The van der Waals surface area contributed by atoms with E-state index in [1.807, 2.05) is 60.7 Å². The molecular formula is C30H34O4. The molecular weight excluding hydrogens is 424 g/mol. The summed E-state index contributed by atoms with van der Waals surface area (Å²) in [6.45, 7) is 7.44. The predicted molar refractivity (Wildman–Crippen MR) is 134 cm³/mol. The van der Waals surface area contributed by atoms with Crippen LogP contribution in [0.25, 0.3) is 0 Å². The third-order valence-electron chi connectivity index (χ3n) is 6.12. The number of hydrogen-bond donors (Lipinski definition) is 0. The van der Waals surface area contributed by atoms with E-state index in [0.29, 0.717) is 26.2 Å². The van der Waals surface area contributed by atoms with E-state index in [-0.39, 0.29) is 30.5 Å². The zero-order chi connectivity index (χ0) is 23.6. The van der Waals surface area contributed by atoms with Gasteiger partial charge in [0.15, 0.2) is 0 Å². The lowest BCUT2D eigenvalue weighted by Gasteiger charge is -2.45. The lowest BCUT2D eigenvalue weighted by atomic mass is 9.93. The Morgan fingerprint density at radius 3 is 1.50 bits per heavy atom. The van der Waals surface area contributed by atoms with Crippen LogP contribution in [0.4, 0.5) is 0 Å². The van der Waals surface area contributed by atoms with Crippen molar-refractivity contribution in [3.05, 3.63) is 120 Å². The van der Waals surface area contributed by atoms with Crippen LogP contribution in [-0.2, 0) is 38.8 Å². The van der Waals surface area contributed by atoms with Crippen LogP contribution >= 0.6 is 0 Å². The van der Waals surface area contributed by atoms with Crippen molar-refractivity contribution in [3.8, 4) is 0 Å². The second-order valence-corrected chi connectivity index (χ2v) is 8.69. The van der Waals surface area contributed by atoms with E-state index < -0.39 is 0 Å². The van der Waals surface area contributed by atoms with Gasteiger partial charge in [0.1, 0.15) is 18.3 Å². The summed E-state index contributed by atoms with van der Waals surface area (Å²) in [6, 6.07) is 30.6. The van der Waals surface area contributed by atoms with Gasteiger partial charge in [0, 0.05) is 0 Å². The summed E-state index contributed by atoms with van der Waals surface area (Å²) in [4.78, 5) is 0. The molecule has 34 heavy (non-hydrogen) atoms. The van der Waals surface area contributed by atoms with Crippen molar-refractivity contribution < 1.29 is 18.9 Å². The Kier molecular flexibility index (Phi) is 9.05. The standard InChI is InChI=1S/C30H34O4/c1-3-13-27-29(32-21-25-16-9-5-10-17-25)30(33-22-26-18-11-6-12-19-26)28(23(2)34-27)31-20-24-14-7-4-8-15-24/h3-12,14-19,23,27-30H,1,13,20-22H2,2H3. The molecule has 4 nitrogen and oxygen atoms in total. The number of rotatable bonds is 11. The Labute approximate surface area is 203 Å². The molecule has 1 saturated heterocycles. The molecule has 1 heterocycles. The van der Waals surface area contributed by atoms with E-state index in [1.54, 1.807) is 0 Å². The summed E-state index contributed by atoms with van der Waals surface area (Å²) in [5.41, 5.74) is 3.35. The van der Waals surface area contributed by atoms with Gasteiger partial charge >= 0.3 is 0 Å². The molecule has 0 aliphatic carbocycles. The molecule has 4 heteroatoms. The first kappa shape index (κ1) is 24.4. The highest BCUT2D eigenvalue weighted by Crippen LogP contribution is 2.31. The van der Waals surface area contributed by atoms with Crippen molar-refractivity contribution in [1.82, 2.24) is 0 Å². The number of ether oxygens (including phenoxy) is 4. The summed E-state index contributed by atoms with van der Waals surface area (Å²) in [5, 5.41) is 0. The van der Waals surface area contributed by atoms with E-state index in [9.17, 15) is 0 Å². The zero-order valence-corrected chi connectivity index (χ0v) is 19.8. The van der Waals surface area contributed by atoms with Crippen LogP contribution in [0.15, 0.2) is 104 Å². The lowest BCUT2D eigenvalue weighted by Crippen LogP contribution is -2.59. The molecule has 5 unspecified atom stereocenters. The van der Waals surface area contributed by atoms with E-state index in [1.165, 1.54) is 0 Å². The lowest BCUT2D eigenvalue weighted by molar-refractivity contribution is -0.260. The smallest absolute Gasteiger partial charge is 0.115 e. The Morgan fingerprint density at radius 1 is 0.647 bits per heavy atom. The molecule has 1 fully saturated rings. The highest BCUT2D eigenvalue weighted by molar-refractivity contribution is 5.15. The number of hydrogen-bond acceptors (Lipinski definition) is 4. The van der Waals surface area contributed by atoms with Crippen LogP contribution in [0.3, 0.4) is 0 Å². The van der Waals surface area contributed by atoms with Gasteiger partial charge in [-0.1, -0.05) is 97.1 Å². The van der Waals surface area contributed by atoms with Crippen molar-refractivity contribution in [2.24, 2.45) is 0 Å².